The van der Waals surface area contributed by atoms with Crippen molar-refractivity contribution < 1.29 is 0 Å². The number of aryl methyl sites for hydroxylation is 1. The van der Waals surface area contributed by atoms with Crippen LogP contribution in [0.2, 0.25) is 0 Å². The van der Waals surface area contributed by atoms with Gasteiger partial charge in [0.05, 0.1) is 5.69 Å². The molecule has 0 radical (unpaired) electrons. The number of hydrogen-bond donors (Lipinski definition) is 3. The Balaban J connectivity index is 2.16. The first kappa shape index (κ1) is 13.2. The fourth-order valence-corrected chi connectivity index (χ4v) is 1.55. The third-order valence-corrected chi connectivity index (χ3v) is 2.73. The lowest BCUT2D eigenvalue weighted by Gasteiger charge is -2.09. The molecule has 19 heavy (non-hydrogen) atoms. The van der Waals surface area contributed by atoms with Gasteiger partial charge in [-0.05, 0) is 19.1 Å². The van der Waals surface area contributed by atoms with Gasteiger partial charge in [-0.2, -0.15) is 0 Å². The largest absolute Gasteiger partial charge is 0.364 e. The van der Waals surface area contributed by atoms with Gasteiger partial charge in [-0.3, -0.25) is 10.9 Å². The highest BCUT2D eigenvalue weighted by atomic mass is 32.1. The van der Waals surface area contributed by atoms with Crippen molar-refractivity contribution in [3.8, 4) is 11.3 Å². The Bertz CT molecular complexity index is 572. The molecule has 0 fully saturated rings. The van der Waals surface area contributed by atoms with Gasteiger partial charge in [0.25, 0.3) is 5.95 Å². The molecule has 6 nitrogen and oxygen atoms in total. The Hall–Kier alpha value is -2.28. The normalized spacial score (nSPS) is 9.79. The van der Waals surface area contributed by atoms with Crippen molar-refractivity contribution >= 4 is 23.3 Å². The Morgan fingerprint density at radius 1 is 1.16 bits per heavy atom. The Morgan fingerprint density at radius 2 is 1.89 bits per heavy atom. The van der Waals surface area contributed by atoms with Crippen LogP contribution in [0.5, 0.6) is 0 Å². The third-order valence-electron chi connectivity index (χ3n) is 2.42. The van der Waals surface area contributed by atoms with Gasteiger partial charge in [-0.1, -0.05) is 30.3 Å². The van der Waals surface area contributed by atoms with E-state index in [1.807, 2.05) is 37.3 Å². The molecular formula is C12H14N6S. The number of thiocarbonyl (C=S) groups is 1. The van der Waals surface area contributed by atoms with Gasteiger partial charge in [0.1, 0.15) is 5.69 Å². The molecule has 0 aliphatic rings. The van der Waals surface area contributed by atoms with Crippen molar-refractivity contribution in [2.75, 3.05) is 12.5 Å². The zero-order chi connectivity index (χ0) is 13.7. The maximum atomic E-state index is 4.93. The van der Waals surface area contributed by atoms with Crippen molar-refractivity contribution in [1.82, 2.24) is 25.9 Å². The SMILES string of the molecule is CNC(=S)NNc1nnc(-c2ccccc2)c(C)n1. The van der Waals surface area contributed by atoms with E-state index >= 15 is 0 Å². The van der Waals surface area contributed by atoms with Gasteiger partial charge >= 0.3 is 0 Å². The smallest absolute Gasteiger partial charge is 0.261 e. The van der Waals surface area contributed by atoms with E-state index in [0.29, 0.717) is 11.1 Å². The molecule has 0 aliphatic carbocycles. The highest BCUT2D eigenvalue weighted by Gasteiger charge is 2.07. The van der Waals surface area contributed by atoms with E-state index in [2.05, 4.69) is 31.3 Å². The van der Waals surface area contributed by atoms with E-state index < -0.39 is 0 Å². The second-order valence-electron chi connectivity index (χ2n) is 3.76. The minimum absolute atomic E-state index is 0.370. The first-order valence-corrected chi connectivity index (χ1v) is 6.12. The van der Waals surface area contributed by atoms with Crippen molar-refractivity contribution in [3.05, 3.63) is 36.0 Å². The first-order chi connectivity index (χ1) is 9.20. The summed E-state index contributed by atoms with van der Waals surface area (Å²) in [4.78, 5) is 4.32. The van der Waals surface area contributed by atoms with Crippen LogP contribution in [0, 0.1) is 6.92 Å². The molecule has 3 N–H and O–H groups in total. The standard InChI is InChI=1S/C12H14N6S/c1-8-10(9-6-4-3-5-7-9)15-16-11(14-8)17-18-12(19)13-2/h3-7H,1-2H3,(H2,13,18,19)(H,14,16,17). The topological polar surface area (TPSA) is 74.8 Å². The second kappa shape index (κ2) is 6.05. The van der Waals surface area contributed by atoms with Crippen LogP contribution in [0.1, 0.15) is 5.69 Å². The molecule has 0 unspecified atom stereocenters. The lowest BCUT2D eigenvalue weighted by atomic mass is 10.1. The number of hydrogen-bond acceptors (Lipinski definition) is 5. The molecule has 0 saturated carbocycles. The number of anilines is 1. The maximum Gasteiger partial charge on any atom is 0.261 e. The number of nitrogens with one attached hydrogen (secondary N) is 3. The summed E-state index contributed by atoms with van der Waals surface area (Å²) in [7, 11) is 1.72. The molecule has 1 aromatic carbocycles. The van der Waals surface area contributed by atoms with Crippen molar-refractivity contribution in [3.63, 3.8) is 0 Å². The zero-order valence-corrected chi connectivity index (χ0v) is 11.5. The van der Waals surface area contributed by atoms with Crippen LogP contribution in [0.4, 0.5) is 5.95 Å². The monoisotopic (exact) mass is 274 g/mol. The third kappa shape index (κ3) is 3.35. The number of benzene rings is 1. The van der Waals surface area contributed by atoms with Crippen LogP contribution >= 0.6 is 12.2 Å². The summed E-state index contributed by atoms with van der Waals surface area (Å²) in [6.45, 7) is 1.89. The van der Waals surface area contributed by atoms with Crippen LogP contribution in [-0.4, -0.2) is 27.3 Å². The fraction of sp³-hybridized carbons (Fsp3) is 0.167. The second-order valence-corrected chi connectivity index (χ2v) is 4.17. The highest BCUT2D eigenvalue weighted by molar-refractivity contribution is 7.80. The van der Waals surface area contributed by atoms with Crippen LogP contribution in [-0.2, 0) is 0 Å². The Kier molecular flexibility index (Phi) is 4.19. The average molecular weight is 274 g/mol. The molecule has 0 atom stereocenters. The van der Waals surface area contributed by atoms with Gasteiger partial charge in [0.15, 0.2) is 5.11 Å². The molecule has 98 valence electrons. The minimum atomic E-state index is 0.370. The highest BCUT2D eigenvalue weighted by Crippen LogP contribution is 2.18. The lowest BCUT2D eigenvalue weighted by molar-refractivity contribution is 0.910. The summed E-state index contributed by atoms with van der Waals surface area (Å²) in [5.74, 6) is 0.370. The molecule has 1 heterocycles. The predicted octanol–water partition coefficient (Wildman–Crippen LogP) is 1.27. The van der Waals surface area contributed by atoms with E-state index in [-0.39, 0.29) is 0 Å². The Labute approximate surface area is 116 Å². The van der Waals surface area contributed by atoms with E-state index in [4.69, 9.17) is 12.2 Å². The number of hydrazine groups is 1. The van der Waals surface area contributed by atoms with E-state index in [9.17, 15) is 0 Å². The minimum Gasteiger partial charge on any atom is -0.364 e. The average Bonchev–Trinajstić information content (AvgIpc) is 2.45. The first-order valence-electron chi connectivity index (χ1n) is 5.71. The zero-order valence-electron chi connectivity index (χ0n) is 10.6. The summed E-state index contributed by atoms with van der Waals surface area (Å²) in [5, 5.41) is 11.4. The molecule has 0 bridgehead atoms. The van der Waals surface area contributed by atoms with Gasteiger partial charge in [-0.25, -0.2) is 4.98 Å². The summed E-state index contributed by atoms with van der Waals surface area (Å²) >= 11 is 4.93. The lowest BCUT2D eigenvalue weighted by Crippen LogP contribution is -2.37. The molecule has 2 rings (SSSR count). The van der Waals surface area contributed by atoms with Gasteiger partial charge < -0.3 is 5.32 Å². The summed E-state index contributed by atoms with van der Waals surface area (Å²) in [5.41, 5.74) is 8.07. The van der Waals surface area contributed by atoms with Crippen LogP contribution in [0.15, 0.2) is 30.3 Å². The summed E-state index contributed by atoms with van der Waals surface area (Å²) in [6, 6.07) is 9.81. The quantitative estimate of drug-likeness (QED) is 0.575. The van der Waals surface area contributed by atoms with E-state index in [1.54, 1.807) is 7.05 Å². The van der Waals surface area contributed by atoms with Crippen LogP contribution < -0.4 is 16.2 Å². The van der Waals surface area contributed by atoms with E-state index in [1.165, 1.54) is 0 Å². The van der Waals surface area contributed by atoms with Crippen LogP contribution in [0.3, 0.4) is 0 Å². The fourth-order valence-electron chi connectivity index (χ4n) is 1.49. The van der Waals surface area contributed by atoms with Gasteiger partial charge in [-0.15, -0.1) is 10.2 Å². The molecular weight excluding hydrogens is 260 g/mol. The molecule has 1 aromatic heterocycles. The predicted molar refractivity (Wildman–Crippen MR) is 78.4 cm³/mol. The number of nitrogens with zero attached hydrogens (tertiary/aromatic N) is 3. The van der Waals surface area contributed by atoms with Crippen molar-refractivity contribution in [2.24, 2.45) is 0 Å². The Morgan fingerprint density at radius 3 is 2.53 bits per heavy atom. The van der Waals surface area contributed by atoms with Crippen LogP contribution in [0.25, 0.3) is 11.3 Å². The maximum absolute atomic E-state index is 4.93. The number of aromatic nitrogens is 3. The summed E-state index contributed by atoms with van der Waals surface area (Å²) in [6.07, 6.45) is 0. The van der Waals surface area contributed by atoms with Gasteiger partial charge in [0, 0.05) is 12.6 Å². The van der Waals surface area contributed by atoms with E-state index in [0.717, 1.165) is 17.0 Å². The van der Waals surface area contributed by atoms with Gasteiger partial charge in [0.2, 0.25) is 0 Å². The molecule has 0 aliphatic heterocycles. The molecule has 2 aromatic rings. The summed E-state index contributed by atoms with van der Waals surface area (Å²) < 4.78 is 0. The molecule has 0 amide bonds. The number of rotatable bonds is 3. The molecule has 0 spiro atoms. The molecule has 0 saturated heterocycles. The van der Waals surface area contributed by atoms with Crippen molar-refractivity contribution in [1.29, 1.82) is 0 Å². The van der Waals surface area contributed by atoms with Crippen molar-refractivity contribution in [2.45, 2.75) is 6.92 Å². The molecule has 7 heteroatoms.